The molecule has 2 aliphatic rings. The number of benzene rings is 1. The van der Waals surface area contributed by atoms with Crippen LogP contribution in [0.5, 0.6) is 5.75 Å². The smallest absolute Gasteiger partial charge is 0.119 e. The van der Waals surface area contributed by atoms with Crippen molar-refractivity contribution in [2.24, 2.45) is 0 Å². The number of unbranched alkanes of at least 4 members (excludes halogenated alkanes) is 1. The standard InChI is InChI=1S/C22H32N4O/c1-3-4-9-25-10-11-26-21(16-25)14-20(24-26)15-23-19-7-5-17-6-8-22(27-2)13-18(17)12-19/h6,8,13-14,19,23H,3-5,7,9-12,15-16H2,1-2H3/t19-/m0/s1. The van der Waals surface area contributed by atoms with E-state index in [1.54, 1.807) is 7.11 Å². The second kappa shape index (κ2) is 8.44. The van der Waals surface area contributed by atoms with Crippen LogP contribution in [0.2, 0.25) is 0 Å². The van der Waals surface area contributed by atoms with Crippen molar-refractivity contribution < 1.29 is 4.74 Å². The highest BCUT2D eigenvalue weighted by molar-refractivity contribution is 5.37. The van der Waals surface area contributed by atoms with Crippen LogP contribution in [-0.4, -0.2) is 40.9 Å². The maximum absolute atomic E-state index is 5.39. The number of nitrogens with one attached hydrogen (secondary N) is 1. The Labute approximate surface area is 162 Å². The number of aryl methyl sites for hydroxylation is 1. The van der Waals surface area contributed by atoms with Crippen molar-refractivity contribution in [3.8, 4) is 5.75 Å². The van der Waals surface area contributed by atoms with E-state index < -0.39 is 0 Å². The van der Waals surface area contributed by atoms with Gasteiger partial charge in [0.15, 0.2) is 0 Å². The Balaban J connectivity index is 1.33. The zero-order valence-electron chi connectivity index (χ0n) is 16.7. The normalized spacial score (nSPS) is 19.6. The first kappa shape index (κ1) is 18.5. The van der Waals surface area contributed by atoms with E-state index >= 15 is 0 Å². The summed E-state index contributed by atoms with van der Waals surface area (Å²) in [4.78, 5) is 2.56. The summed E-state index contributed by atoms with van der Waals surface area (Å²) in [6, 6.07) is 9.31. The molecule has 0 bridgehead atoms. The third-order valence-electron chi connectivity index (χ3n) is 5.97. The summed E-state index contributed by atoms with van der Waals surface area (Å²) in [5.41, 5.74) is 5.44. The molecule has 1 aliphatic heterocycles. The van der Waals surface area contributed by atoms with Gasteiger partial charge in [-0.05, 0) is 61.6 Å². The Kier molecular flexibility index (Phi) is 5.79. The van der Waals surface area contributed by atoms with Crippen molar-refractivity contribution in [2.75, 3.05) is 20.2 Å². The Morgan fingerprint density at radius 2 is 2.15 bits per heavy atom. The van der Waals surface area contributed by atoms with Gasteiger partial charge >= 0.3 is 0 Å². The number of rotatable bonds is 7. The number of methoxy groups -OCH3 is 1. The summed E-state index contributed by atoms with van der Waals surface area (Å²) in [5.74, 6) is 0.962. The average Bonchev–Trinajstić information content (AvgIpc) is 3.12. The van der Waals surface area contributed by atoms with E-state index in [0.29, 0.717) is 6.04 Å². The second-order valence-corrected chi connectivity index (χ2v) is 7.94. The predicted octanol–water partition coefficient (Wildman–Crippen LogP) is 3.15. The number of hydrogen-bond donors (Lipinski definition) is 1. The first-order chi connectivity index (χ1) is 13.2. The molecule has 1 N–H and O–H groups in total. The van der Waals surface area contributed by atoms with Gasteiger partial charge in [-0.2, -0.15) is 5.10 Å². The van der Waals surface area contributed by atoms with Crippen molar-refractivity contribution in [2.45, 2.75) is 64.7 Å². The molecule has 5 heteroatoms. The quantitative estimate of drug-likeness (QED) is 0.815. The molecule has 0 amide bonds. The van der Waals surface area contributed by atoms with Crippen LogP contribution in [0, 0.1) is 0 Å². The molecular weight excluding hydrogens is 336 g/mol. The molecule has 0 radical (unpaired) electrons. The minimum absolute atomic E-state index is 0.518. The van der Waals surface area contributed by atoms with Gasteiger partial charge in [0.05, 0.1) is 25.0 Å². The molecule has 0 fully saturated rings. The molecule has 0 unspecified atom stereocenters. The topological polar surface area (TPSA) is 42.3 Å². The van der Waals surface area contributed by atoms with Crippen molar-refractivity contribution in [3.63, 3.8) is 0 Å². The molecule has 0 saturated heterocycles. The van der Waals surface area contributed by atoms with E-state index in [4.69, 9.17) is 9.84 Å². The van der Waals surface area contributed by atoms with Crippen LogP contribution in [-0.2, 0) is 32.5 Å². The van der Waals surface area contributed by atoms with Gasteiger partial charge in [-0.1, -0.05) is 19.4 Å². The van der Waals surface area contributed by atoms with E-state index in [-0.39, 0.29) is 0 Å². The number of fused-ring (bicyclic) bond motifs is 2. The highest BCUT2D eigenvalue weighted by Gasteiger charge is 2.21. The van der Waals surface area contributed by atoms with Crippen LogP contribution < -0.4 is 10.1 Å². The maximum Gasteiger partial charge on any atom is 0.119 e. The highest BCUT2D eigenvalue weighted by atomic mass is 16.5. The molecular formula is C22H32N4O. The van der Waals surface area contributed by atoms with Crippen LogP contribution in [0.4, 0.5) is 0 Å². The van der Waals surface area contributed by atoms with Crippen LogP contribution in [0.3, 0.4) is 0 Å². The molecule has 1 aromatic heterocycles. The van der Waals surface area contributed by atoms with E-state index in [1.807, 2.05) is 0 Å². The lowest BCUT2D eigenvalue weighted by Gasteiger charge is -2.27. The molecule has 1 atom stereocenters. The van der Waals surface area contributed by atoms with Gasteiger partial charge in [0, 0.05) is 25.7 Å². The molecule has 27 heavy (non-hydrogen) atoms. The van der Waals surface area contributed by atoms with Gasteiger partial charge in [-0.25, -0.2) is 0 Å². The van der Waals surface area contributed by atoms with Gasteiger partial charge < -0.3 is 10.1 Å². The molecule has 146 valence electrons. The zero-order valence-corrected chi connectivity index (χ0v) is 16.7. The van der Waals surface area contributed by atoms with Gasteiger partial charge in [-0.3, -0.25) is 9.58 Å². The SMILES string of the molecule is CCCCN1CCn2nc(CN[C@H]3CCc4ccc(OC)cc4C3)cc2C1. The zero-order chi connectivity index (χ0) is 18.6. The molecule has 1 aliphatic carbocycles. The van der Waals surface area contributed by atoms with E-state index in [9.17, 15) is 0 Å². The monoisotopic (exact) mass is 368 g/mol. The van der Waals surface area contributed by atoms with E-state index in [1.165, 1.54) is 48.3 Å². The second-order valence-electron chi connectivity index (χ2n) is 7.94. The number of nitrogens with zero attached hydrogens (tertiary/aromatic N) is 3. The first-order valence-electron chi connectivity index (χ1n) is 10.4. The summed E-state index contributed by atoms with van der Waals surface area (Å²) < 4.78 is 7.60. The maximum atomic E-state index is 5.39. The van der Waals surface area contributed by atoms with E-state index in [0.717, 1.165) is 44.8 Å². The molecule has 0 spiro atoms. The van der Waals surface area contributed by atoms with Gasteiger partial charge in [-0.15, -0.1) is 0 Å². The van der Waals surface area contributed by atoms with Gasteiger partial charge in [0.1, 0.15) is 5.75 Å². The Morgan fingerprint density at radius 1 is 1.22 bits per heavy atom. The fourth-order valence-corrected chi connectivity index (χ4v) is 4.32. The molecule has 1 aromatic carbocycles. The fraction of sp³-hybridized carbons (Fsp3) is 0.591. The number of hydrogen-bond acceptors (Lipinski definition) is 4. The van der Waals surface area contributed by atoms with Crippen molar-refractivity contribution in [3.05, 3.63) is 46.8 Å². The molecule has 5 nitrogen and oxygen atoms in total. The third kappa shape index (κ3) is 4.36. The summed E-state index contributed by atoms with van der Waals surface area (Å²) in [6.07, 6.45) is 5.96. The average molecular weight is 369 g/mol. The summed E-state index contributed by atoms with van der Waals surface area (Å²) in [6.45, 7) is 7.53. The van der Waals surface area contributed by atoms with Crippen LogP contribution in [0.1, 0.15) is 48.7 Å². The lowest BCUT2D eigenvalue weighted by Crippen LogP contribution is -2.34. The van der Waals surface area contributed by atoms with Crippen LogP contribution in [0.15, 0.2) is 24.3 Å². The fourth-order valence-electron chi connectivity index (χ4n) is 4.32. The summed E-state index contributed by atoms with van der Waals surface area (Å²) in [5, 5.41) is 8.57. The predicted molar refractivity (Wildman–Crippen MR) is 108 cm³/mol. The Hall–Kier alpha value is -1.85. The molecule has 2 heterocycles. The first-order valence-corrected chi connectivity index (χ1v) is 10.4. The Bertz CT molecular complexity index is 770. The van der Waals surface area contributed by atoms with Crippen molar-refractivity contribution in [1.82, 2.24) is 20.0 Å². The lowest BCUT2D eigenvalue weighted by molar-refractivity contribution is 0.210. The van der Waals surface area contributed by atoms with Crippen molar-refractivity contribution in [1.29, 1.82) is 0 Å². The number of aromatic nitrogens is 2. The highest BCUT2D eigenvalue weighted by Crippen LogP contribution is 2.26. The third-order valence-corrected chi connectivity index (χ3v) is 5.97. The number of ether oxygens (including phenoxy) is 1. The molecule has 4 rings (SSSR count). The minimum Gasteiger partial charge on any atom is -0.497 e. The largest absolute Gasteiger partial charge is 0.497 e. The summed E-state index contributed by atoms with van der Waals surface area (Å²) in [7, 11) is 1.74. The van der Waals surface area contributed by atoms with Gasteiger partial charge in [0.25, 0.3) is 0 Å². The lowest BCUT2D eigenvalue weighted by atomic mass is 9.88. The summed E-state index contributed by atoms with van der Waals surface area (Å²) >= 11 is 0. The van der Waals surface area contributed by atoms with Crippen LogP contribution >= 0.6 is 0 Å². The Morgan fingerprint density at radius 3 is 3.00 bits per heavy atom. The molecule has 0 saturated carbocycles. The van der Waals surface area contributed by atoms with Gasteiger partial charge in [0.2, 0.25) is 0 Å². The van der Waals surface area contributed by atoms with Crippen molar-refractivity contribution >= 4 is 0 Å². The molecule has 2 aromatic rings. The van der Waals surface area contributed by atoms with Crippen LogP contribution in [0.25, 0.3) is 0 Å². The minimum atomic E-state index is 0.518. The van der Waals surface area contributed by atoms with E-state index in [2.05, 4.69) is 46.1 Å².